The molecule has 3 aromatic rings. The van der Waals surface area contributed by atoms with Crippen molar-refractivity contribution in [3.05, 3.63) is 71.8 Å². The number of hydrogen-bond acceptors (Lipinski definition) is 5. The molecule has 36 heavy (non-hydrogen) atoms. The molecule has 7 nitrogen and oxygen atoms in total. The van der Waals surface area contributed by atoms with Gasteiger partial charge in [0.2, 0.25) is 5.88 Å². The van der Waals surface area contributed by atoms with Gasteiger partial charge in [-0.25, -0.2) is 4.68 Å². The summed E-state index contributed by atoms with van der Waals surface area (Å²) in [7, 11) is 0. The average molecular weight is 502 g/mol. The van der Waals surface area contributed by atoms with E-state index in [1.807, 2.05) is 13.0 Å². The Hall–Kier alpha value is -3.79. The molecule has 2 aromatic carbocycles. The van der Waals surface area contributed by atoms with Gasteiger partial charge in [-0.15, -0.1) is 0 Å². The van der Waals surface area contributed by atoms with Crippen LogP contribution in [0.15, 0.2) is 66.2 Å². The molecule has 0 unspecified atom stereocenters. The van der Waals surface area contributed by atoms with E-state index < -0.39 is 11.7 Å². The third-order valence-electron chi connectivity index (χ3n) is 5.50. The van der Waals surface area contributed by atoms with Crippen LogP contribution in [0, 0.1) is 0 Å². The molecule has 0 saturated heterocycles. The fourth-order valence-corrected chi connectivity index (χ4v) is 3.59. The second-order valence-corrected chi connectivity index (χ2v) is 8.03. The Morgan fingerprint density at radius 2 is 1.86 bits per heavy atom. The van der Waals surface area contributed by atoms with Crippen LogP contribution >= 0.6 is 0 Å². The van der Waals surface area contributed by atoms with Crippen LogP contribution in [0.1, 0.15) is 18.9 Å². The van der Waals surface area contributed by atoms with Gasteiger partial charge in [0.15, 0.2) is 6.61 Å². The molecule has 190 valence electrons. The van der Waals surface area contributed by atoms with Crippen molar-refractivity contribution in [2.45, 2.75) is 19.5 Å². The Balaban J connectivity index is 1.40. The molecule has 1 aliphatic rings. The minimum absolute atomic E-state index is 0.111. The Kier molecular flexibility index (Phi) is 7.94. The summed E-state index contributed by atoms with van der Waals surface area (Å²) in [5, 5.41) is 7.36. The van der Waals surface area contributed by atoms with Gasteiger partial charge in [-0.1, -0.05) is 11.6 Å². The first-order chi connectivity index (χ1) is 17.3. The van der Waals surface area contributed by atoms with E-state index in [9.17, 15) is 18.0 Å². The van der Waals surface area contributed by atoms with Crippen LogP contribution in [0.3, 0.4) is 0 Å². The standard InChI is InChI=1S/C26H26F3N3O4/c1-2-35-25-15-23(31-32(25)21-7-5-20(6-8-21)26(27,28)29)19-3-9-22(10-4-19)36-17-24(33)30-16-18-11-13-34-14-12-18/h3-11,15H,2,12-14,16-17H2,1H3,(H,30,33). The fraction of sp³-hybridized carbons (Fsp3) is 0.308. The van der Waals surface area contributed by atoms with Crippen molar-refractivity contribution in [2.24, 2.45) is 0 Å². The third-order valence-corrected chi connectivity index (χ3v) is 5.50. The van der Waals surface area contributed by atoms with Gasteiger partial charge in [0.05, 0.1) is 36.8 Å². The maximum atomic E-state index is 12.9. The zero-order valence-electron chi connectivity index (χ0n) is 19.7. The number of benzene rings is 2. The summed E-state index contributed by atoms with van der Waals surface area (Å²) >= 11 is 0. The number of aromatic nitrogens is 2. The van der Waals surface area contributed by atoms with E-state index in [-0.39, 0.29) is 12.5 Å². The normalized spacial score (nSPS) is 13.7. The molecule has 0 saturated carbocycles. The topological polar surface area (TPSA) is 74.6 Å². The third kappa shape index (κ3) is 6.45. The van der Waals surface area contributed by atoms with Crippen LogP contribution in [-0.4, -0.2) is 48.7 Å². The number of amides is 1. The first-order valence-corrected chi connectivity index (χ1v) is 11.5. The van der Waals surface area contributed by atoms with E-state index in [0.29, 0.717) is 49.4 Å². The molecule has 2 heterocycles. The van der Waals surface area contributed by atoms with Crippen LogP contribution in [0.4, 0.5) is 13.2 Å². The monoisotopic (exact) mass is 501 g/mol. The summed E-state index contributed by atoms with van der Waals surface area (Å²) in [4.78, 5) is 12.1. The van der Waals surface area contributed by atoms with Crippen LogP contribution in [0.5, 0.6) is 11.6 Å². The SMILES string of the molecule is CCOc1cc(-c2ccc(OCC(=O)NCC3=CCOCC3)cc2)nn1-c1ccc(C(F)(F)F)cc1. The highest BCUT2D eigenvalue weighted by Crippen LogP contribution is 2.31. The minimum atomic E-state index is -4.41. The Morgan fingerprint density at radius 1 is 1.11 bits per heavy atom. The second-order valence-electron chi connectivity index (χ2n) is 8.03. The zero-order valence-corrected chi connectivity index (χ0v) is 19.7. The minimum Gasteiger partial charge on any atom is -0.484 e. The van der Waals surface area contributed by atoms with Crippen molar-refractivity contribution in [2.75, 3.05) is 33.0 Å². The maximum Gasteiger partial charge on any atom is 0.416 e. The molecule has 1 amide bonds. The number of carbonyl (C=O) groups excluding carboxylic acids is 1. The van der Waals surface area contributed by atoms with E-state index in [4.69, 9.17) is 14.2 Å². The quantitative estimate of drug-likeness (QED) is 0.427. The molecule has 10 heteroatoms. The molecule has 1 aromatic heterocycles. The van der Waals surface area contributed by atoms with Gasteiger partial charge >= 0.3 is 6.18 Å². The van der Waals surface area contributed by atoms with Crippen molar-refractivity contribution in [1.29, 1.82) is 0 Å². The van der Waals surface area contributed by atoms with Gasteiger partial charge in [-0.2, -0.15) is 18.3 Å². The molecule has 0 aliphatic carbocycles. The van der Waals surface area contributed by atoms with Crippen molar-refractivity contribution in [3.8, 4) is 28.6 Å². The maximum absolute atomic E-state index is 12.9. The number of alkyl halides is 3. The van der Waals surface area contributed by atoms with E-state index in [0.717, 1.165) is 29.7 Å². The molecule has 0 spiro atoms. The lowest BCUT2D eigenvalue weighted by atomic mass is 10.1. The van der Waals surface area contributed by atoms with Crippen molar-refractivity contribution in [3.63, 3.8) is 0 Å². The van der Waals surface area contributed by atoms with E-state index in [1.165, 1.54) is 16.8 Å². The Morgan fingerprint density at radius 3 is 2.50 bits per heavy atom. The van der Waals surface area contributed by atoms with E-state index in [2.05, 4.69) is 10.4 Å². The van der Waals surface area contributed by atoms with E-state index in [1.54, 1.807) is 30.3 Å². The van der Waals surface area contributed by atoms with Crippen molar-refractivity contribution in [1.82, 2.24) is 15.1 Å². The van der Waals surface area contributed by atoms with Gasteiger partial charge in [-0.05, 0) is 61.9 Å². The summed E-state index contributed by atoms with van der Waals surface area (Å²) in [5.41, 5.74) is 2.18. The smallest absolute Gasteiger partial charge is 0.416 e. The lowest BCUT2D eigenvalue weighted by molar-refractivity contribution is -0.137. The number of carbonyl (C=O) groups is 1. The van der Waals surface area contributed by atoms with Gasteiger partial charge < -0.3 is 19.5 Å². The summed E-state index contributed by atoms with van der Waals surface area (Å²) < 4.78 is 56.7. The second kappa shape index (κ2) is 11.3. The van der Waals surface area contributed by atoms with Crippen LogP contribution in [0.25, 0.3) is 16.9 Å². The first-order valence-electron chi connectivity index (χ1n) is 11.5. The molecular weight excluding hydrogens is 475 g/mol. The number of rotatable bonds is 9. The highest BCUT2D eigenvalue weighted by Gasteiger charge is 2.30. The first kappa shape index (κ1) is 25.3. The van der Waals surface area contributed by atoms with Crippen LogP contribution in [0.2, 0.25) is 0 Å². The Bertz CT molecular complexity index is 1200. The molecule has 0 fully saturated rings. The predicted octanol–water partition coefficient (Wildman–Crippen LogP) is 4.80. The molecule has 1 N–H and O–H groups in total. The molecule has 1 aliphatic heterocycles. The Labute approximate surface area is 206 Å². The number of hydrogen-bond donors (Lipinski definition) is 1. The van der Waals surface area contributed by atoms with Gasteiger partial charge in [0.25, 0.3) is 5.91 Å². The van der Waals surface area contributed by atoms with Gasteiger partial charge in [-0.3, -0.25) is 4.79 Å². The lowest BCUT2D eigenvalue weighted by Gasteiger charge is -2.14. The van der Waals surface area contributed by atoms with Crippen LogP contribution in [-0.2, 0) is 15.7 Å². The molecule has 4 rings (SSSR count). The largest absolute Gasteiger partial charge is 0.484 e. The molecule has 0 bridgehead atoms. The summed E-state index contributed by atoms with van der Waals surface area (Å²) in [6, 6.07) is 13.5. The fourth-order valence-electron chi connectivity index (χ4n) is 3.59. The summed E-state index contributed by atoms with van der Waals surface area (Å²) in [6.45, 7) is 3.79. The van der Waals surface area contributed by atoms with Crippen molar-refractivity contribution >= 4 is 5.91 Å². The van der Waals surface area contributed by atoms with Crippen molar-refractivity contribution < 1.29 is 32.2 Å². The van der Waals surface area contributed by atoms with Crippen LogP contribution < -0.4 is 14.8 Å². The summed E-state index contributed by atoms with van der Waals surface area (Å²) in [6.07, 6.45) is -1.63. The highest BCUT2D eigenvalue weighted by molar-refractivity contribution is 5.77. The van der Waals surface area contributed by atoms with Gasteiger partial charge in [0, 0.05) is 18.2 Å². The van der Waals surface area contributed by atoms with Gasteiger partial charge in [0.1, 0.15) is 5.75 Å². The lowest BCUT2D eigenvalue weighted by Crippen LogP contribution is -2.31. The molecule has 0 radical (unpaired) electrons. The number of halogens is 3. The molecule has 0 atom stereocenters. The summed E-state index contributed by atoms with van der Waals surface area (Å²) in [5.74, 6) is 0.707. The number of nitrogens with zero attached hydrogens (tertiary/aromatic N) is 2. The highest BCUT2D eigenvalue weighted by atomic mass is 19.4. The van der Waals surface area contributed by atoms with E-state index >= 15 is 0 Å². The predicted molar refractivity (Wildman–Crippen MR) is 127 cm³/mol. The number of nitrogens with one attached hydrogen (secondary N) is 1. The molecular formula is C26H26F3N3O4. The average Bonchev–Trinajstić information content (AvgIpc) is 3.31. The number of ether oxygens (including phenoxy) is 3. The zero-order chi connectivity index (χ0) is 25.5.